The van der Waals surface area contributed by atoms with Crippen molar-refractivity contribution in [1.29, 1.82) is 0 Å². The number of hydrogen-bond acceptors (Lipinski definition) is 9. The first-order chi connectivity index (χ1) is 49.6. The van der Waals surface area contributed by atoms with Gasteiger partial charge in [-0.05, 0) is 344 Å². The van der Waals surface area contributed by atoms with Crippen LogP contribution in [-0.4, -0.2) is 67.2 Å². The second kappa shape index (κ2) is 26.9. The predicted molar refractivity (Wildman–Crippen MR) is 432 cm³/mol. The van der Waals surface area contributed by atoms with E-state index in [4.69, 9.17) is 14.2 Å². The molecule has 15 saturated carbocycles. The third-order valence-corrected chi connectivity index (χ3v) is 41.8. The molecular formula is C97H153NO8. The second-order valence-corrected chi connectivity index (χ2v) is 43.7. The topological polar surface area (TPSA) is 135 Å². The van der Waals surface area contributed by atoms with Gasteiger partial charge in [-0.15, -0.1) is 0 Å². The third-order valence-electron chi connectivity index (χ3n) is 41.8. The molecule has 0 saturated heterocycles. The van der Waals surface area contributed by atoms with Gasteiger partial charge in [0.05, 0.1) is 62.9 Å². The van der Waals surface area contributed by atoms with Gasteiger partial charge in [0.25, 0.3) is 0 Å². The van der Waals surface area contributed by atoms with Gasteiger partial charge in [-0.1, -0.05) is 151 Å². The number of hydrogen-bond donors (Lipinski definition) is 3. The molecule has 0 aliphatic heterocycles. The number of allylic oxidation sites excluding steroid dienone is 6. The number of aliphatic hydroxyl groups excluding tert-OH is 2. The van der Waals surface area contributed by atoms with Crippen LogP contribution >= 0.6 is 0 Å². The maximum atomic E-state index is 13.2. The van der Waals surface area contributed by atoms with E-state index in [1.54, 1.807) is 0 Å². The second-order valence-electron chi connectivity index (χ2n) is 43.7. The van der Waals surface area contributed by atoms with Crippen LogP contribution < -0.4 is 0 Å². The van der Waals surface area contributed by atoms with Gasteiger partial charge in [0.1, 0.15) is 11.6 Å². The molecule has 15 aliphatic carbocycles. The molecule has 15 fully saturated rings. The first-order valence-corrected chi connectivity index (χ1v) is 43.8. The number of ketones is 2. The van der Waals surface area contributed by atoms with E-state index in [2.05, 4.69) is 155 Å². The Bertz CT molecular complexity index is 3410. The van der Waals surface area contributed by atoms with Crippen LogP contribution in [0.3, 0.4) is 0 Å². The van der Waals surface area contributed by atoms with Crippen LogP contribution in [0.1, 0.15) is 310 Å². The van der Waals surface area contributed by atoms with Crippen molar-refractivity contribution in [3.8, 4) is 0 Å². The Labute approximate surface area is 645 Å². The van der Waals surface area contributed by atoms with Gasteiger partial charge in [0, 0.05) is 39.9 Å². The highest BCUT2D eigenvalue weighted by Gasteiger charge is 2.76. The van der Waals surface area contributed by atoms with Crippen LogP contribution in [0.4, 0.5) is 0 Å². The van der Waals surface area contributed by atoms with E-state index in [0.29, 0.717) is 112 Å². The molecule has 0 amide bonds. The van der Waals surface area contributed by atoms with Crippen LogP contribution in [0, 0.1) is 170 Å². The number of rotatable bonds is 12. The van der Waals surface area contributed by atoms with E-state index in [0.717, 1.165) is 80.3 Å². The van der Waals surface area contributed by atoms with Gasteiger partial charge in [0.2, 0.25) is 0 Å². The van der Waals surface area contributed by atoms with Crippen LogP contribution in [0.15, 0.2) is 78.6 Å². The van der Waals surface area contributed by atoms with E-state index in [1.807, 2.05) is 21.3 Å². The van der Waals surface area contributed by atoms with Crippen molar-refractivity contribution in [2.24, 2.45) is 175 Å². The Morgan fingerprint density at radius 1 is 0.368 bits per heavy atom. The zero-order chi connectivity index (χ0) is 77.5. The Morgan fingerprint density at radius 2 is 0.660 bits per heavy atom. The SMILES string of the molecule is C=C(C)[C@@H]1CC[C@]2(C(=C)OC)CC[C@]3(C)C(CCC4[C@@]5(C)CC/C(=N\O)[C@@](C)(CO)[C@@H]5CC[C@]43C)C12.C=C(C)[C@@H]1CC[C@]2(C(=C)OC)CC[C@]3(C)C(CCC4[C@@]5(C)CCC(=O)[C@@](C)(CC)[C@@H]5CC[C@]43C)C12.C=C(C)[C@@H]1CC[C@]2(C(=C)OC)CC[C@]3(C)C(CCC4[C@@]5(C)CCC(=O)[C@@](C)(CO)[C@@H]5CC[C@]43C)C12. The van der Waals surface area contributed by atoms with Crippen molar-refractivity contribution in [2.75, 3.05) is 34.5 Å². The zero-order valence-corrected chi connectivity index (χ0v) is 71.1. The van der Waals surface area contributed by atoms with Gasteiger partial charge < -0.3 is 29.6 Å². The van der Waals surface area contributed by atoms with Crippen LogP contribution in [0.25, 0.3) is 0 Å². The van der Waals surface area contributed by atoms with Crippen molar-refractivity contribution in [3.63, 3.8) is 0 Å². The van der Waals surface area contributed by atoms with Crippen LogP contribution in [0.2, 0.25) is 0 Å². The normalized spacial score (nSPS) is 53.1. The molecule has 30 atom stereocenters. The van der Waals surface area contributed by atoms with Crippen molar-refractivity contribution in [1.82, 2.24) is 0 Å². The zero-order valence-electron chi connectivity index (χ0n) is 71.1. The number of carbonyl (C=O) groups is 2. The van der Waals surface area contributed by atoms with E-state index >= 15 is 0 Å². The lowest BCUT2D eigenvalue weighted by atomic mass is 9.32. The lowest BCUT2D eigenvalue weighted by molar-refractivity contribution is -0.236. The monoisotopic (exact) mass is 1460 g/mol. The average molecular weight is 1460 g/mol. The molecule has 0 radical (unpaired) electrons. The van der Waals surface area contributed by atoms with Gasteiger partial charge in [-0.25, -0.2) is 0 Å². The smallest absolute Gasteiger partial charge is 0.141 e. The summed E-state index contributed by atoms with van der Waals surface area (Å²) in [5.74, 6) is 12.6. The van der Waals surface area contributed by atoms with Gasteiger partial charge in [-0.3, -0.25) is 9.59 Å². The quantitative estimate of drug-likeness (QED) is 0.0761. The molecule has 15 rings (SSSR count). The van der Waals surface area contributed by atoms with Gasteiger partial charge in [0.15, 0.2) is 0 Å². The summed E-state index contributed by atoms with van der Waals surface area (Å²) in [4.78, 5) is 26.2. The maximum absolute atomic E-state index is 13.2. The molecule has 0 bridgehead atoms. The fraction of sp³-hybridized carbons (Fsp3) is 0.845. The summed E-state index contributed by atoms with van der Waals surface area (Å²) in [6.07, 6.45) is 35.7. The van der Waals surface area contributed by atoms with E-state index < -0.39 is 10.8 Å². The first kappa shape index (κ1) is 80.6. The first-order valence-electron chi connectivity index (χ1n) is 43.8. The Kier molecular flexibility index (Phi) is 20.4. The number of methoxy groups -OCH3 is 3. The molecule has 9 nitrogen and oxygen atoms in total. The van der Waals surface area contributed by atoms with Crippen molar-refractivity contribution in [2.45, 2.75) is 310 Å². The molecule has 9 heteroatoms. The maximum Gasteiger partial charge on any atom is 0.141 e. The summed E-state index contributed by atoms with van der Waals surface area (Å²) in [5, 5.41) is 34.5. The highest BCUT2D eigenvalue weighted by atomic mass is 16.5. The minimum atomic E-state index is -0.569. The van der Waals surface area contributed by atoms with Crippen LogP contribution in [0.5, 0.6) is 0 Å². The third kappa shape index (κ3) is 10.3. The average Bonchev–Trinajstić information content (AvgIpc) is 1.09. The van der Waals surface area contributed by atoms with Gasteiger partial charge >= 0.3 is 0 Å². The number of Topliss-reactive ketones (excluding diaryl/α,β-unsaturated/α-hetero) is 2. The molecule has 0 aromatic heterocycles. The number of fused-ring (bicyclic) bond motifs is 21. The summed E-state index contributed by atoms with van der Waals surface area (Å²) < 4.78 is 17.8. The van der Waals surface area contributed by atoms with Crippen LogP contribution in [-0.2, 0) is 23.8 Å². The lowest BCUT2D eigenvalue weighted by Crippen LogP contribution is -2.67. The van der Waals surface area contributed by atoms with Crippen molar-refractivity contribution in [3.05, 3.63) is 73.5 Å². The van der Waals surface area contributed by atoms with E-state index in [9.17, 15) is 25.0 Å². The Hall–Kier alpha value is -3.43. The summed E-state index contributed by atoms with van der Waals surface area (Å²) in [5.41, 5.74) is 6.35. The Morgan fingerprint density at radius 3 is 0.943 bits per heavy atom. The minimum absolute atomic E-state index is 0.000563. The Balaban J connectivity index is 0.000000141. The standard InChI is InChI=1S/C33H52O2.C32H51NO3.C32H50O3/c1-10-29(5)25-14-17-32(8)26(30(25,6)16-15-27(29)34)12-11-24-28-23(21(2)3)13-18-33(28,22(4)35-9)20-19-31(24,32)7;1-20(2)22-11-16-32(21(3)36-8)18-17-30(6)23(27(22)32)9-10-25-28(4)14-13-26(33-35)29(5,19-34)24(28)12-15-31(25,30)7;1-20(2)22-11-16-32(21(3)35-8)18-17-30(6)23(27(22)32)9-10-25-28(4)14-13-26(34)29(5,19-33)24(28)12-15-31(25,30)7/h23-26,28H,2,4,10-20H2,1,3,5-9H3;22-25,27,34-35H,1,3,9-19H2,2,4-8H3;22-25,27,33H,1,3,9-19H2,2,4-8H3/b;33-26+;/t23-,24?,25-,26?,28?,29-,30-,31+,32+,33+;2*22-,23?,24+,25?,27?,28-,29-,30+,31+,32+/m000/s1. The molecule has 0 aromatic rings. The summed E-state index contributed by atoms with van der Waals surface area (Å²) in [6, 6.07) is 0. The molecule has 9 unspecified atom stereocenters. The molecule has 15 aliphatic rings. The number of ether oxygens (including phenoxy) is 3. The molecule has 0 aromatic carbocycles. The fourth-order valence-corrected chi connectivity index (χ4v) is 35.4. The number of aliphatic hydroxyl groups is 2. The highest BCUT2D eigenvalue weighted by Crippen LogP contribution is 2.83. The molecule has 106 heavy (non-hydrogen) atoms. The van der Waals surface area contributed by atoms with Crippen molar-refractivity contribution >= 4 is 17.3 Å². The fourth-order valence-electron chi connectivity index (χ4n) is 35.4. The number of oxime groups is 1. The van der Waals surface area contributed by atoms with E-state index in [-0.39, 0.29) is 72.8 Å². The summed E-state index contributed by atoms with van der Waals surface area (Å²) >= 11 is 0. The molecular weight excluding hydrogens is 1310 g/mol. The van der Waals surface area contributed by atoms with Gasteiger partial charge in [-0.2, -0.15) is 0 Å². The number of carbonyl (C=O) groups excluding carboxylic acids is 2. The van der Waals surface area contributed by atoms with Crippen molar-refractivity contribution < 1.29 is 39.2 Å². The minimum Gasteiger partial charge on any atom is -0.501 e. The summed E-state index contributed by atoms with van der Waals surface area (Å²) in [7, 11) is 5.48. The molecule has 3 N–H and O–H groups in total. The molecule has 0 spiro atoms. The lowest BCUT2D eigenvalue weighted by Gasteiger charge is -2.72. The largest absolute Gasteiger partial charge is 0.501 e. The summed E-state index contributed by atoms with van der Waals surface area (Å²) in [6.45, 7) is 66.1. The number of nitrogens with zero attached hydrogens (tertiary/aromatic N) is 1. The molecule has 594 valence electrons. The molecule has 0 heterocycles. The van der Waals surface area contributed by atoms with E-state index in [1.165, 1.54) is 158 Å². The highest BCUT2D eigenvalue weighted by molar-refractivity contribution is 5.91. The predicted octanol–water partition coefficient (Wildman–Crippen LogP) is 23.7.